The van der Waals surface area contributed by atoms with Gasteiger partial charge in [-0.2, -0.15) is 0 Å². The van der Waals surface area contributed by atoms with Crippen LogP contribution in [0.4, 0.5) is 0 Å². The lowest BCUT2D eigenvalue weighted by molar-refractivity contribution is -0.126. The molecule has 1 aromatic rings. The molecule has 0 radical (unpaired) electrons. The minimum Gasteiger partial charge on any atom is -0.347 e. The molecule has 18 heavy (non-hydrogen) atoms. The third-order valence-corrected chi connectivity index (χ3v) is 3.42. The van der Waals surface area contributed by atoms with Crippen molar-refractivity contribution >= 4 is 17.5 Å². The summed E-state index contributed by atoms with van der Waals surface area (Å²) in [6.45, 7) is 7.56. The minimum absolute atomic E-state index is 0.0463. The summed E-state index contributed by atoms with van der Waals surface area (Å²) in [5.74, 6) is -0.265. The SMILES string of the molecule is CC(N)C(C)C(=O)NC(C)(C)c1cccc(Cl)c1. The molecule has 1 rings (SSSR count). The van der Waals surface area contributed by atoms with Gasteiger partial charge in [0.15, 0.2) is 0 Å². The summed E-state index contributed by atoms with van der Waals surface area (Å²) in [6, 6.07) is 7.33. The number of carbonyl (C=O) groups excluding carboxylic acids is 1. The van der Waals surface area contributed by atoms with Gasteiger partial charge >= 0.3 is 0 Å². The van der Waals surface area contributed by atoms with Gasteiger partial charge in [-0.1, -0.05) is 30.7 Å². The van der Waals surface area contributed by atoms with E-state index in [4.69, 9.17) is 17.3 Å². The van der Waals surface area contributed by atoms with Crippen molar-refractivity contribution in [2.75, 3.05) is 0 Å². The summed E-state index contributed by atoms with van der Waals surface area (Å²) in [5, 5.41) is 3.67. The number of benzene rings is 1. The van der Waals surface area contributed by atoms with Gasteiger partial charge < -0.3 is 11.1 Å². The van der Waals surface area contributed by atoms with Crippen molar-refractivity contribution in [3.8, 4) is 0 Å². The van der Waals surface area contributed by atoms with Crippen molar-refractivity contribution in [2.45, 2.75) is 39.3 Å². The highest BCUT2D eigenvalue weighted by molar-refractivity contribution is 6.30. The molecule has 2 unspecified atom stereocenters. The molecular weight excluding hydrogens is 248 g/mol. The van der Waals surface area contributed by atoms with Gasteiger partial charge in [0.05, 0.1) is 5.54 Å². The highest BCUT2D eigenvalue weighted by atomic mass is 35.5. The van der Waals surface area contributed by atoms with E-state index < -0.39 is 5.54 Å². The van der Waals surface area contributed by atoms with Crippen LogP contribution in [0.3, 0.4) is 0 Å². The normalized spacial score (nSPS) is 15.0. The van der Waals surface area contributed by atoms with Crippen molar-refractivity contribution < 1.29 is 4.79 Å². The summed E-state index contributed by atoms with van der Waals surface area (Å²) in [6.07, 6.45) is 0. The molecule has 2 atom stereocenters. The topological polar surface area (TPSA) is 55.1 Å². The maximum atomic E-state index is 12.0. The number of halogens is 1. The highest BCUT2D eigenvalue weighted by Gasteiger charge is 2.26. The molecule has 1 aromatic carbocycles. The van der Waals surface area contributed by atoms with Crippen LogP contribution in [0.15, 0.2) is 24.3 Å². The summed E-state index contributed by atoms with van der Waals surface area (Å²) >= 11 is 5.97. The van der Waals surface area contributed by atoms with E-state index in [0.717, 1.165) is 5.56 Å². The van der Waals surface area contributed by atoms with Crippen LogP contribution in [0, 0.1) is 5.92 Å². The first-order valence-corrected chi connectivity index (χ1v) is 6.45. The lowest BCUT2D eigenvalue weighted by atomic mass is 9.92. The zero-order chi connectivity index (χ0) is 13.9. The van der Waals surface area contributed by atoms with Crippen molar-refractivity contribution in [1.29, 1.82) is 0 Å². The van der Waals surface area contributed by atoms with Gasteiger partial charge in [-0.15, -0.1) is 0 Å². The number of amides is 1. The van der Waals surface area contributed by atoms with E-state index in [1.54, 1.807) is 0 Å². The maximum absolute atomic E-state index is 12.0. The molecule has 1 amide bonds. The Kier molecular flexibility index (Phi) is 4.77. The van der Waals surface area contributed by atoms with Gasteiger partial charge in [0.2, 0.25) is 5.91 Å². The van der Waals surface area contributed by atoms with Crippen molar-refractivity contribution in [3.63, 3.8) is 0 Å². The fourth-order valence-corrected chi connectivity index (χ4v) is 1.80. The Morgan fingerprint density at radius 1 is 1.39 bits per heavy atom. The first kappa shape index (κ1) is 15.0. The van der Waals surface area contributed by atoms with E-state index in [9.17, 15) is 4.79 Å². The van der Waals surface area contributed by atoms with E-state index in [1.165, 1.54) is 0 Å². The first-order chi connectivity index (χ1) is 8.24. The van der Waals surface area contributed by atoms with E-state index in [2.05, 4.69) is 5.32 Å². The van der Waals surface area contributed by atoms with Crippen LogP contribution in [0.2, 0.25) is 5.02 Å². The van der Waals surface area contributed by atoms with Crippen LogP contribution in [-0.4, -0.2) is 11.9 Å². The Morgan fingerprint density at radius 2 is 2.00 bits per heavy atom. The predicted octanol–water partition coefficient (Wildman–Crippen LogP) is 2.67. The molecule has 4 heteroatoms. The number of nitrogens with one attached hydrogen (secondary N) is 1. The van der Waals surface area contributed by atoms with Crippen molar-refractivity contribution in [2.24, 2.45) is 11.7 Å². The Hall–Kier alpha value is -1.06. The lowest BCUT2D eigenvalue weighted by Crippen LogP contribution is -2.47. The molecule has 0 aliphatic rings. The Morgan fingerprint density at radius 3 is 2.50 bits per heavy atom. The second-order valence-corrected chi connectivity index (χ2v) is 5.71. The number of hydrogen-bond acceptors (Lipinski definition) is 2. The minimum atomic E-state index is -0.467. The van der Waals surface area contributed by atoms with E-state index in [1.807, 2.05) is 52.0 Å². The number of hydrogen-bond donors (Lipinski definition) is 2. The van der Waals surface area contributed by atoms with Crippen LogP contribution in [0.5, 0.6) is 0 Å². The van der Waals surface area contributed by atoms with E-state index in [-0.39, 0.29) is 17.9 Å². The Labute approximate surface area is 114 Å². The maximum Gasteiger partial charge on any atom is 0.225 e. The van der Waals surface area contributed by atoms with Gasteiger partial charge in [0, 0.05) is 17.0 Å². The number of nitrogens with two attached hydrogens (primary N) is 1. The van der Waals surface area contributed by atoms with Gasteiger partial charge in [-0.05, 0) is 38.5 Å². The molecule has 0 bridgehead atoms. The van der Waals surface area contributed by atoms with Crippen LogP contribution in [-0.2, 0) is 10.3 Å². The molecule has 3 N–H and O–H groups in total. The zero-order valence-electron chi connectivity index (χ0n) is 11.3. The molecule has 0 aromatic heterocycles. The third-order valence-electron chi connectivity index (χ3n) is 3.18. The molecule has 0 fully saturated rings. The van der Waals surface area contributed by atoms with Gasteiger partial charge in [-0.25, -0.2) is 0 Å². The van der Waals surface area contributed by atoms with E-state index >= 15 is 0 Å². The Bertz CT molecular complexity index is 430. The van der Waals surface area contributed by atoms with Crippen LogP contribution in [0.25, 0.3) is 0 Å². The second kappa shape index (κ2) is 5.72. The summed E-state index contributed by atoms with van der Waals surface area (Å²) in [7, 11) is 0. The predicted molar refractivity (Wildman–Crippen MR) is 75.4 cm³/mol. The number of carbonyl (C=O) groups is 1. The van der Waals surface area contributed by atoms with Crippen molar-refractivity contribution in [3.05, 3.63) is 34.9 Å². The van der Waals surface area contributed by atoms with Crippen molar-refractivity contribution in [1.82, 2.24) is 5.32 Å². The first-order valence-electron chi connectivity index (χ1n) is 6.07. The average molecular weight is 269 g/mol. The number of rotatable bonds is 4. The lowest BCUT2D eigenvalue weighted by Gasteiger charge is -2.29. The smallest absolute Gasteiger partial charge is 0.225 e. The molecule has 100 valence electrons. The standard InChI is InChI=1S/C14H21ClN2O/c1-9(10(2)16)13(18)17-14(3,4)11-6-5-7-12(15)8-11/h5-10H,16H2,1-4H3,(H,17,18). The molecule has 0 heterocycles. The monoisotopic (exact) mass is 268 g/mol. The van der Waals surface area contributed by atoms with Gasteiger partial charge in [0.25, 0.3) is 0 Å². The molecule has 0 saturated heterocycles. The average Bonchev–Trinajstić information content (AvgIpc) is 2.27. The largest absolute Gasteiger partial charge is 0.347 e. The highest BCUT2D eigenvalue weighted by Crippen LogP contribution is 2.23. The quantitative estimate of drug-likeness (QED) is 0.882. The van der Waals surface area contributed by atoms with Crippen LogP contribution >= 0.6 is 11.6 Å². The Balaban J connectivity index is 2.85. The molecular formula is C14H21ClN2O. The van der Waals surface area contributed by atoms with Crippen LogP contribution < -0.4 is 11.1 Å². The summed E-state index contributed by atoms with van der Waals surface area (Å²) in [5.41, 5.74) is 6.24. The molecule has 0 saturated carbocycles. The van der Waals surface area contributed by atoms with Gasteiger partial charge in [-0.3, -0.25) is 4.79 Å². The molecule has 0 aliphatic carbocycles. The van der Waals surface area contributed by atoms with Gasteiger partial charge in [0.1, 0.15) is 0 Å². The molecule has 3 nitrogen and oxygen atoms in total. The second-order valence-electron chi connectivity index (χ2n) is 5.27. The fourth-order valence-electron chi connectivity index (χ4n) is 1.61. The fraction of sp³-hybridized carbons (Fsp3) is 0.500. The zero-order valence-corrected chi connectivity index (χ0v) is 12.1. The molecule has 0 spiro atoms. The summed E-state index contributed by atoms with van der Waals surface area (Å²) < 4.78 is 0. The molecule has 0 aliphatic heterocycles. The van der Waals surface area contributed by atoms with E-state index in [0.29, 0.717) is 5.02 Å². The summed E-state index contributed by atoms with van der Waals surface area (Å²) in [4.78, 5) is 12.0. The third kappa shape index (κ3) is 3.72. The van der Waals surface area contributed by atoms with Crippen LogP contribution in [0.1, 0.15) is 33.3 Å².